The maximum absolute atomic E-state index is 13.6. The summed E-state index contributed by atoms with van der Waals surface area (Å²) in [6, 6.07) is 6.29. The van der Waals surface area contributed by atoms with Crippen LogP contribution in [-0.2, 0) is 6.54 Å². The molecule has 0 spiro atoms. The van der Waals surface area contributed by atoms with Gasteiger partial charge in [-0.1, -0.05) is 13.0 Å². The van der Waals surface area contributed by atoms with Gasteiger partial charge in [-0.15, -0.1) is 0 Å². The molecule has 0 fully saturated rings. The Balaban J connectivity index is 2.74. The van der Waals surface area contributed by atoms with Gasteiger partial charge in [-0.3, -0.25) is 0 Å². The van der Waals surface area contributed by atoms with Crippen LogP contribution in [0.2, 0.25) is 0 Å². The second-order valence-electron chi connectivity index (χ2n) is 4.34. The highest BCUT2D eigenvalue weighted by Crippen LogP contribution is 2.13. The Morgan fingerprint density at radius 3 is 2.71 bits per heavy atom. The van der Waals surface area contributed by atoms with Crippen molar-refractivity contribution in [3.63, 3.8) is 0 Å². The molecule has 0 heterocycles. The molecule has 1 rings (SSSR count). The standard InChI is InChI=1S/C13H17FN2O/c1-3-13(2,9-17)16-8-11-5-4-10(7-15)6-12(11)14/h4-6,16-17H,3,8-9H2,1-2H3. The normalized spacial score (nSPS) is 14.1. The minimum atomic E-state index is -0.402. The van der Waals surface area contributed by atoms with Crippen LogP contribution in [0.4, 0.5) is 4.39 Å². The minimum absolute atomic E-state index is 0.00139. The first-order valence-electron chi connectivity index (χ1n) is 5.59. The Kier molecular flexibility index (Phi) is 4.62. The fraction of sp³-hybridized carbons (Fsp3) is 0.462. The molecule has 1 aromatic carbocycles. The summed E-state index contributed by atoms with van der Waals surface area (Å²) in [5.41, 5.74) is 0.407. The fourth-order valence-corrected chi connectivity index (χ4v) is 1.36. The molecule has 0 saturated carbocycles. The van der Waals surface area contributed by atoms with E-state index in [-0.39, 0.29) is 6.61 Å². The van der Waals surface area contributed by atoms with E-state index in [0.717, 1.165) is 6.42 Å². The number of benzene rings is 1. The average Bonchev–Trinajstić information content (AvgIpc) is 2.36. The summed E-state index contributed by atoms with van der Waals surface area (Å²) in [7, 11) is 0. The molecule has 0 bridgehead atoms. The van der Waals surface area contributed by atoms with Crippen LogP contribution in [0.3, 0.4) is 0 Å². The van der Waals surface area contributed by atoms with Crippen molar-refractivity contribution in [2.45, 2.75) is 32.4 Å². The van der Waals surface area contributed by atoms with Crippen LogP contribution >= 0.6 is 0 Å². The summed E-state index contributed by atoms with van der Waals surface area (Å²) in [5, 5.41) is 21.0. The summed E-state index contributed by atoms with van der Waals surface area (Å²) in [6.45, 7) is 4.18. The highest BCUT2D eigenvalue weighted by atomic mass is 19.1. The second kappa shape index (κ2) is 5.76. The smallest absolute Gasteiger partial charge is 0.129 e. The first-order valence-corrected chi connectivity index (χ1v) is 5.59. The zero-order valence-corrected chi connectivity index (χ0v) is 10.1. The van der Waals surface area contributed by atoms with Gasteiger partial charge in [0.25, 0.3) is 0 Å². The molecule has 0 amide bonds. The lowest BCUT2D eigenvalue weighted by Crippen LogP contribution is -2.44. The van der Waals surface area contributed by atoms with Crippen LogP contribution in [0.5, 0.6) is 0 Å². The summed E-state index contributed by atoms with van der Waals surface area (Å²) in [4.78, 5) is 0. The van der Waals surface area contributed by atoms with Gasteiger partial charge in [0.2, 0.25) is 0 Å². The zero-order valence-electron chi connectivity index (χ0n) is 10.1. The lowest BCUT2D eigenvalue weighted by Gasteiger charge is -2.27. The molecule has 92 valence electrons. The number of aliphatic hydroxyl groups excluding tert-OH is 1. The van der Waals surface area contributed by atoms with Crippen molar-refractivity contribution < 1.29 is 9.50 Å². The van der Waals surface area contributed by atoms with E-state index in [1.165, 1.54) is 6.07 Å². The third-order valence-electron chi connectivity index (χ3n) is 3.02. The molecule has 0 aliphatic heterocycles. The van der Waals surface area contributed by atoms with Crippen molar-refractivity contribution >= 4 is 0 Å². The number of nitrogens with zero attached hydrogens (tertiary/aromatic N) is 1. The third-order valence-corrected chi connectivity index (χ3v) is 3.02. The SMILES string of the molecule is CCC(C)(CO)NCc1ccc(C#N)cc1F. The van der Waals surface area contributed by atoms with E-state index < -0.39 is 11.4 Å². The van der Waals surface area contributed by atoms with Crippen LogP contribution in [0.1, 0.15) is 31.4 Å². The van der Waals surface area contributed by atoms with Gasteiger partial charge in [-0.05, 0) is 25.5 Å². The molecule has 17 heavy (non-hydrogen) atoms. The van der Waals surface area contributed by atoms with Gasteiger partial charge in [0.15, 0.2) is 0 Å². The Labute approximate surface area is 101 Å². The topological polar surface area (TPSA) is 56.0 Å². The van der Waals surface area contributed by atoms with Gasteiger partial charge in [0.1, 0.15) is 5.82 Å². The van der Waals surface area contributed by atoms with Gasteiger partial charge >= 0.3 is 0 Å². The highest BCUT2D eigenvalue weighted by Gasteiger charge is 2.20. The van der Waals surface area contributed by atoms with E-state index in [9.17, 15) is 9.50 Å². The first kappa shape index (κ1) is 13.6. The van der Waals surface area contributed by atoms with Gasteiger partial charge in [0.05, 0.1) is 18.2 Å². The monoisotopic (exact) mass is 236 g/mol. The molecule has 1 atom stereocenters. The van der Waals surface area contributed by atoms with Crippen molar-refractivity contribution in [2.24, 2.45) is 0 Å². The molecule has 1 unspecified atom stereocenters. The van der Waals surface area contributed by atoms with Crippen molar-refractivity contribution in [2.75, 3.05) is 6.61 Å². The largest absolute Gasteiger partial charge is 0.394 e. The van der Waals surface area contributed by atoms with Crippen LogP contribution in [0.25, 0.3) is 0 Å². The molecule has 0 radical (unpaired) electrons. The Morgan fingerprint density at radius 1 is 1.53 bits per heavy atom. The van der Waals surface area contributed by atoms with Gasteiger partial charge in [-0.2, -0.15) is 5.26 Å². The van der Waals surface area contributed by atoms with Gasteiger partial charge in [0, 0.05) is 17.6 Å². The summed E-state index contributed by atoms with van der Waals surface area (Å²) >= 11 is 0. The molecule has 1 aromatic rings. The van der Waals surface area contributed by atoms with E-state index in [1.807, 2.05) is 19.9 Å². The van der Waals surface area contributed by atoms with E-state index >= 15 is 0 Å². The molecule has 0 saturated heterocycles. The zero-order chi connectivity index (χ0) is 12.9. The van der Waals surface area contributed by atoms with Crippen LogP contribution in [-0.4, -0.2) is 17.3 Å². The predicted molar refractivity (Wildman–Crippen MR) is 63.7 cm³/mol. The molecule has 0 aromatic heterocycles. The van der Waals surface area contributed by atoms with E-state index in [2.05, 4.69) is 5.32 Å². The number of aliphatic hydroxyl groups is 1. The third kappa shape index (κ3) is 3.52. The summed E-state index contributed by atoms with van der Waals surface area (Å²) < 4.78 is 13.6. The molecule has 2 N–H and O–H groups in total. The Bertz CT molecular complexity index is 422. The fourth-order valence-electron chi connectivity index (χ4n) is 1.36. The lowest BCUT2D eigenvalue weighted by molar-refractivity contribution is 0.168. The maximum Gasteiger partial charge on any atom is 0.129 e. The molecule has 3 nitrogen and oxygen atoms in total. The number of hydrogen-bond donors (Lipinski definition) is 2. The van der Waals surface area contributed by atoms with E-state index in [1.54, 1.807) is 12.1 Å². The number of halogens is 1. The molecular weight excluding hydrogens is 219 g/mol. The number of nitriles is 1. The Hall–Kier alpha value is -1.44. The maximum atomic E-state index is 13.6. The number of hydrogen-bond acceptors (Lipinski definition) is 3. The molecule has 0 aliphatic carbocycles. The van der Waals surface area contributed by atoms with Crippen LogP contribution < -0.4 is 5.32 Å². The van der Waals surface area contributed by atoms with Crippen molar-refractivity contribution in [3.05, 3.63) is 35.1 Å². The summed E-state index contributed by atoms with van der Waals surface area (Å²) in [6.07, 6.45) is 0.751. The Morgan fingerprint density at radius 2 is 2.24 bits per heavy atom. The van der Waals surface area contributed by atoms with Crippen LogP contribution in [0, 0.1) is 17.1 Å². The summed E-state index contributed by atoms with van der Waals surface area (Å²) in [5.74, 6) is -0.395. The van der Waals surface area contributed by atoms with Gasteiger partial charge < -0.3 is 10.4 Å². The minimum Gasteiger partial charge on any atom is -0.394 e. The van der Waals surface area contributed by atoms with Gasteiger partial charge in [-0.25, -0.2) is 4.39 Å². The highest BCUT2D eigenvalue weighted by molar-refractivity contribution is 5.32. The van der Waals surface area contributed by atoms with Crippen molar-refractivity contribution in [3.8, 4) is 6.07 Å². The predicted octanol–water partition coefficient (Wildman–Crippen LogP) is 1.95. The van der Waals surface area contributed by atoms with Crippen molar-refractivity contribution in [1.29, 1.82) is 5.26 Å². The quantitative estimate of drug-likeness (QED) is 0.821. The molecule has 0 aliphatic rings. The van der Waals surface area contributed by atoms with Crippen LogP contribution in [0.15, 0.2) is 18.2 Å². The average molecular weight is 236 g/mol. The molecule has 4 heteroatoms. The lowest BCUT2D eigenvalue weighted by atomic mass is 9.99. The number of rotatable bonds is 5. The molecular formula is C13H17FN2O. The number of nitrogens with one attached hydrogen (secondary N) is 1. The van der Waals surface area contributed by atoms with E-state index in [0.29, 0.717) is 17.7 Å². The van der Waals surface area contributed by atoms with Crippen molar-refractivity contribution in [1.82, 2.24) is 5.32 Å². The second-order valence-corrected chi connectivity index (χ2v) is 4.34. The van der Waals surface area contributed by atoms with E-state index in [4.69, 9.17) is 5.26 Å². The first-order chi connectivity index (χ1) is 8.04.